The Bertz CT molecular complexity index is 658. The molecule has 0 bridgehead atoms. The van der Waals surface area contributed by atoms with Gasteiger partial charge in [0.1, 0.15) is 0 Å². The third-order valence-electron chi connectivity index (χ3n) is 3.27. The minimum Gasteiger partial charge on any atom is -0.418 e. The molecule has 0 aromatic rings. The molecule has 0 saturated heterocycles. The fourth-order valence-corrected chi connectivity index (χ4v) is 1.68. The minimum absolute atomic E-state index is 0.00567. The summed E-state index contributed by atoms with van der Waals surface area (Å²) in [4.78, 5) is -0.380. The molecule has 1 rings (SSSR count). The van der Waals surface area contributed by atoms with Crippen LogP contribution in [0.2, 0.25) is 0 Å². The average molecular weight is 501 g/mol. The maximum absolute atomic E-state index is 13.7. The molecule has 0 saturated carbocycles. The molecule has 2 nitrogen and oxygen atoms in total. The molecule has 0 radical (unpaired) electrons. The van der Waals surface area contributed by atoms with Gasteiger partial charge in [0, 0.05) is 12.4 Å². The summed E-state index contributed by atoms with van der Waals surface area (Å²) in [5.74, 6) is -30.7. The van der Waals surface area contributed by atoms with E-state index in [-0.39, 0.29) is 6.20 Å². The van der Waals surface area contributed by atoms with Crippen molar-refractivity contribution in [3.63, 3.8) is 0 Å². The number of hydrogen-bond acceptors (Lipinski definition) is 2. The Morgan fingerprint density at radius 1 is 0.645 bits per heavy atom. The van der Waals surface area contributed by atoms with E-state index in [1.165, 1.54) is 0 Å². The number of halogens is 17. The zero-order valence-electron chi connectivity index (χ0n) is 14.0. The summed E-state index contributed by atoms with van der Waals surface area (Å²) in [6.45, 7) is 1.65. The monoisotopic (exact) mass is 501 g/mol. The molecule has 0 aliphatic carbocycles. The molecule has 1 aliphatic heterocycles. The largest absolute Gasteiger partial charge is 0.673 e. The molecule has 31 heavy (non-hydrogen) atoms. The Morgan fingerprint density at radius 2 is 1.00 bits per heavy atom. The predicted octanol–water partition coefficient (Wildman–Crippen LogP) is 6.17. The Morgan fingerprint density at radius 3 is 1.29 bits per heavy atom. The molecule has 20 heteroatoms. The fourth-order valence-electron chi connectivity index (χ4n) is 1.68. The van der Waals surface area contributed by atoms with E-state index in [9.17, 15) is 74.3 Å². The molecule has 0 N–H and O–H groups in total. The van der Waals surface area contributed by atoms with Crippen molar-refractivity contribution in [1.82, 2.24) is 9.80 Å². The third-order valence-corrected chi connectivity index (χ3v) is 3.27. The molecule has 1 aliphatic rings. The van der Waals surface area contributed by atoms with E-state index < -0.39 is 54.7 Å². The zero-order chi connectivity index (χ0) is 25.5. The number of rotatable bonds is 6. The van der Waals surface area contributed by atoms with Crippen molar-refractivity contribution in [1.29, 1.82) is 0 Å². The molecule has 184 valence electrons. The summed E-state index contributed by atoms with van der Waals surface area (Å²) in [6, 6.07) is -6.27. The Kier molecular flexibility index (Phi) is 7.60. The topological polar surface area (TPSA) is 6.48 Å². The van der Waals surface area contributed by atoms with Gasteiger partial charge in [-0.25, -0.2) is 0 Å². The van der Waals surface area contributed by atoms with Gasteiger partial charge in [-0.2, -0.15) is 57.1 Å². The Labute approximate surface area is 160 Å². The first-order chi connectivity index (χ1) is 13.3. The highest BCUT2D eigenvalue weighted by molar-refractivity contribution is 6.50. The van der Waals surface area contributed by atoms with Crippen molar-refractivity contribution in [2.75, 3.05) is 6.67 Å². The van der Waals surface area contributed by atoms with Crippen molar-refractivity contribution >= 4 is 7.25 Å². The van der Waals surface area contributed by atoms with Crippen LogP contribution in [-0.4, -0.2) is 59.6 Å². The van der Waals surface area contributed by atoms with Crippen LogP contribution in [0.3, 0.4) is 0 Å². The second-order valence-electron chi connectivity index (χ2n) is 5.44. The normalized spacial score (nSPS) is 16.9. The SMILES string of the molecule is C=CN1C=CN(C(F)(F)C(F)(F)C(F)(F)C(F)(F)C(F)(F)C(F)(F)F)C1.F[B-](F)(F)F. The fraction of sp³-hybridized carbons (Fsp3) is 0.636. The van der Waals surface area contributed by atoms with E-state index in [0.29, 0.717) is 11.1 Å². The molecule has 0 atom stereocenters. The van der Waals surface area contributed by atoms with Crippen LogP contribution in [-0.2, 0) is 0 Å². The van der Waals surface area contributed by atoms with Gasteiger partial charge < -0.3 is 22.2 Å². The van der Waals surface area contributed by atoms with Gasteiger partial charge in [-0.15, -0.1) is 0 Å². The lowest BCUT2D eigenvalue weighted by Gasteiger charge is -2.41. The standard InChI is InChI=1S/C11H7F13N2.BF4/c1-2-25-3-4-26(5-25)11(23,24)9(18,19)7(14,15)6(12,13)8(16,17)10(20,21)22;2-1(3,4)5/h2-4H,1,5H2;/q;-1. The van der Waals surface area contributed by atoms with E-state index >= 15 is 0 Å². The lowest BCUT2D eigenvalue weighted by molar-refractivity contribution is -0.449. The van der Waals surface area contributed by atoms with Crippen molar-refractivity contribution in [2.45, 2.75) is 35.9 Å². The summed E-state index contributed by atoms with van der Waals surface area (Å²) in [5, 5.41) is 0. The summed E-state index contributed by atoms with van der Waals surface area (Å²) >= 11 is 0. The smallest absolute Gasteiger partial charge is 0.418 e. The number of alkyl halides is 13. The quantitative estimate of drug-likeness (QED) is 0.244. The van der Waals surface area contributed by atoms with Crippen LogP contribution in [0.4, 0.5) is 74.3 Å². The maximum Gasteiger partial charge on any atom is 0.673 e. The Balaban J connectivity index is 0.00000161. The van der Waals surface area contributed by atoms with Gasteiger partial charge in [-0.1, -0.05) is 6.58 Å². The lowest BCUT2D eigenvalue weighted by atomic mass is 9.96. The van der Waals surface area contributed by atoms with E-state index in [2.05, 4.69) is 6.58 Å². The first-order valence-electron chi connectivity index (χ1n) is 6.95. The van der Waals surface area contributed by atoms with Crippen molar-refractivity contribution in [3.05, 3.63) is 25.2 Å². The van der Waals surface area contributed by atoms with Crippen LogP contribution < -0.4 is 0 Å². The van der Waals surface area contributed by atoms with E-state index in [1.54, 1.807) is 0 Å². The summed E-state index contributed by atoms with van der Waals surface area (Å²) in [5.41, 5.74) is 0. The molecule has 1 heterocycles. The van der Waals surface area contributed by atoms with Gasteiger partial charge in [0.05, 0.1) is 6.67 Å². The molecule has 0 amide bonds. The molecule has 0 spiro atoms. The van der Waals surface area contributed by atoms with Crippen molar-refractivity contribution < 1.29 is 74.3 Å². The highest BCUT2D eigenvalue weighted by Crippen LogP contribution is 2.60. The number of hydrogen-bond donors (Lipinski definition) is 0. The maximum atomic E-state index is 13.7. The van der Waals surface area contributed by atoms with Crippen molar-refractivity contribution in [2.24, 2.45) is 0 Å². The van der Waals surface area contributed by atoms with Crippen LogP contribution in [0, 0.1) is 0 Å². The first kappa shape index (κ1) is 29.0. The third kappa shape index (κ3) is 5.24. The molecular formula is C11H7BF17N2-. The van der Waals surface area contributed by atoms with Crippen LogP contribution in [0.15, 0.2) is 25.2 Å². The summed E-state index contributed by atoms with van der Waals surface area (Å²) in [6.07, 6.45) is -6.14. The highest BCUT2D eigenvalue weighted by atomic mass is 19.5. The van der Waals surface area contributed by atoms with Gasteiger partial charge in [-0.3, -0.25) is 4.90 Å². The van der Waals surface area contributed by atoms with E-state index in [4.69, 9.17) is 0 Å². The van der Waals surface area contributed by atoms with Gasteiger partial charge in [-0.05, 0) is 6.20 Å². The van der Waals surface area contributed by atoms with Gasteiger partial charge in [0.2, 0.25) is 0 Å². The van der Waals surface area contributed by atoms with Gasteiger partial charge in [0.25, 0.3) is 0 Å². The molecule has 0 fully saturated rings. The van der Waals surface area contributed by atoms with Gasteiger partial charge >= 0.3 is 43.2 Å². The van der Waals surface area contributed by atoms with Crippen LogP contribution in [0.1, 0.15) is 0 Å². The summed E-state index contributed by atoms with van der Waals surface area (Å²) in [7, 11) is -6.00. The van der Waals surface area contributed by atoms with Crippen LogP contribution >= 0.6 is 0 Å². The second-order valence-corrected chi connectivity index (χ2v) is 5.44. The Hall–Kier alpha value is -2.05. The minimum atomic E-state index is -7.90. The van der Waals surface area contributed by atoms with E-state index in [1.807, 2.05) is 0 Å². The molecule has 0 aromatic carbocycles. The molecule has 0 unspecified atom stereocenters. The van der Waals surface area contributed by atoms with Crippen LogP contribution in [0.5, 0.6) is 0 Å². The number of nitrogens with zero attached hydrogens (tertiary/aromatic N) is 2. The second kappa shape index (κ2) is 8.14. The van der Waals surface area contributed by atoms with Crippen LogP contribution in [0.25, 0.3) is 0 Å². The molecular weight excluding hydrogens is 494 g/mol. The first-order valence-corrected chi connectivity index (χ1v) is 6.95. The van der Waals surface area contributed by atoms with E-state index in [0.717, 1.165) is 6.20 Å². The predicted molar refractivity (Wildman–Crippen MR) is 68.9 cm³/mol. The van der Waals surface area contributed by atoms with Gasteiger partial charge in [0.15, 0.2) is 0 Å². The zero-order valence-corrected chi connectivity index (χ0v) is 14.0. The van der Waals surface area contributed by atoms with Crippen molar-refractivity contribution in [3.8, 4) is 0 Å². The lowest BCUT2D eigenvalue weighted by Crippen LogP contribution is -2.72. The molecule has 0 aromatic heterocycles. The average Bonchev–Trinajstić information content (AvgIpc) is 3.01. The summed E-state index contributed by atoms with van der Waals surface area (Å²) < 4.78 is 207. The highest BCUT2D eigenvalue weighted by Gasteiger charge is 2.91.